The lowest BCUT2D eigenvalue weighted by Crippen LogP contribution is -2.10. The molecule has 0 saturated heterocycles. The van der Waals surface area contributed by atoms with Crippen molar-refractivity contribution < 1.29 is 13.3 Å². The quantitative estimate of drug-likeness (QED) is 0.182. The van der Waals surface area contributed by atoms with Crippen molar-refractivity contribution in [1.29, 1.82) is 0 Å². The molecule has 11 aromatic rings. The molecule has 0 aliphatic carbocycles. The third-order valence-electron chi connectivity index (χ3n) is 10.0. The summed E-state index contributed by atoms with van der Waals surface area (Å²) in [4.78, 5) is 11.5. The lowest BCUT2D eigenvalue weighted by atomic mass is 10.0. The first-order valence-corrected chi connectivity index (χ1v) is 17.2. The highest BCUT2D eigenvalue weighted by Gasteiger charge is 2.21. The number of nitrogens with zero attached hydrogens (tertiary/aromatic N) is 3. The Morgan fingerprint density at radius 2 is 0.885 bits per heavy atom. The van der Waals surface area contributed by atoms with E-state index < -0.39 is 0 Å². The first kappa shape index (κ1) is 28.6. The average molecular weight is 670 g/mol. The number of aromatic nitrogens is 2. The summed E-state index contributed by atoms with van der Waals surface area (Å²) >= 11 is 0. The highest BCUT2D eigenvalue weighted by molar-refractivity contribution is 6.14. The molecule has 5 aromatic heterocycles. The number of anilines is 3. The Bertz CT molecular complexity index is 2980. The zero-order chi connectivity index (χ0) is 34.2. The van der Waals surface area contributed by atoms with Crippen LogP contribution in [-0.2, 0) is 0 Å². The first-order valence-electron chi connectivity index (χ1n) is 17.2. The fourth-order valence-electron chi connectivity index (χ4n) is 7.64. The summed E-state index contributed by atoms with van der Waals surface area (Å²) in [5.41, 5.74) is 13.9. The summed E-state index contributed by atoms with van der Waals surface area (Å²) in [6.07, 6.45) is 3.61. The van der Waals surface area contributed by atoms with Crippen LogP contribution in [0.5, 0.6) is 0 Å². The Hall–Kier alpha value is -7.18. The number of benzene rings is 6. The summed E-state index contributed by atoms with van der Waals surface area (Å²) in [7, 11) is 0. The first-order chi connectivity index (χ1) is 25.8. The second-order valence-corrected chi connectivity index (χ2v) is 12.9. The molecule has 0 aliphatic heterocycles. The van der Waals surface area contributed by atoms with Crippen LogP contribution in [0.15, 0.2) is 177 Å². The number of para-hydroxylation sites is 3. The number of fused-ring (bicyclic) bond motifs is 9. The summed E-state index contributed by atoms with van der Waals surface area (Å²) in [5.74, 6) is 0. The van der Waals surface area contributed by atoms with Gasteiger partial charge < -0.3 is 18.2 Å². The molecule has 0 atom stereocenters. The maximum Gasteiger partial charge on any atom is 0.153 e. The van der Waals surface area contributed by atoms with E-state index in [2.05, 4.69) is 124 Å². The zero-order valence-electron chi connectivity index (χ0n) is 27.7. The van der Waals surface area contributed by atoms with Crippen LogP contribution in [0.2, 0.25) is 0 Å². The minimum atomic E-state index is 0.782. The van der Waals surface area contributed by atoms with Gasteiger partial charge >= 0.3 is 0 Å². The highest BCUT2D eigenvalue weighted by atomic mass is 16.3. The Labute approximate surface area is 296 Å². The topological polar surface area (TPSA) is 68.4 Å². The van der Waals surface area contributed by atoms with Gasteiger partial charge in [0.05, 0.1) is 11.1 Å². The van der Waals surface area contributed by atoms with Crippen molar-refractivity contribution in [3.63, 3.8) is 0 Å². The molecule has 0 saturated carbocycles. The van der Waals surface area contributed by atoms with Gasteiger partial charge in [-0.1, -0.05) is 72.8 Å². The summed E-state index contributed by atoms with van der Waals surface area (Å²) in [6, 6.07) is 52.0. The molecule has 244 valence electrons. The monoisotopic (exact) mass is 669 g/mol. The van der Waals surface area contributed by atoms with Gasteiger partial charge in [0.2, 0.25) is 0 Å². The van der Waals surface area contributed by atoms with E-state index >= 15 is 0 Å². The van der Waals surface area contributed by atoms with Crippen LogP contribution in [0.4, 0.5) is 17.1 Å². The molecule has 0 radical (unpaired) electrons. The highest BCUT2D eigenvalue weighted by Crippen LogP contribution is 2.44. The van der Waals surface area contributed by atoms with E-state index in [1.54, 1.807) is 12.4 Å². The van der Waals surface area contributed by atoms with Gasteiger partial charge in [0.25, 0.3) is 0 Å². The number of furan rings is 3. The van der Waals surface area contributed by atoms with Crippen LogP contribution in [-0.4, -0.2) is 9.97 Å². The van der Waals surface area contributed by atoms with Gasteiger partial charge in [-0.3, -0.25) is 9.97 Å². The summed E-state index contributed by atoms with van der Waals surface area (Å²) in [6.45, 7) is 0. The van der Waals surface area contributed by atoms with Crippen molar-refractivity contribution >= 4 is 83.1 Å². The van der Waals surface area contributed by atoms with Gasteiger partial charge in [-0.2, -0.15) is 0 Å². The lowest BCUT2D eigenvalue weighted by molar-refractivity contribution is 0.668. The molecule has 0 fully saturated rings. The van der Waals surface area contributed by atoms with Gasteiger partial charge in [0.15, 0.2) is 11.2 Å². The SMILES string of the molecule is c1ccc2c(c1)oc1cccc(N(c3ccc(-c4cccc5c4oc4cccnc45)cc3)c3ccc(-c4cccc5c4oc4cccnc45)cc3)c12. The van der Waals surface area contributed by atoms with Crippen molar-refractivity contribution in [3.05, 3.63) is 164 Å². The number of rotatable bonds is 5. The van der Waals surface area contributed by atoms with Crippen LogP contribution in [0.1, 0.15) is 0 Å². The molecule has 0 unspecified atom stereocenters. The Balaban J connectivity index is 1.06. The molecule has 0 aliphatic rings. The normalized spacial score (nSPS) is 11.8. The van der Waals surface area contributed by atoms with Crippen LogP contribution in [0, 0.1) is 0 Å². The molecule has 6 nitrogen and oxygen atoms in total. The van der Waals surface area contributed by atoms with Crippen molar-refractivity contribution in [2.75, 3.05) is 4.90 Å². The largest absolute Gasteiger partial charge is 0.456 e. The smallest absolute Gasteiger partial charge is 0.153 e. The van der Waals surface area contributed by atoms with Crippen molar-refractivity contribution in [2.45, 2.75) is 0 Å². The molecule has 52 heavy (non-hydrogen) atoms. The van der Waals surface area contributed by atoms with Gasteiger partial charge in [-0.25, -0.2) is 0 Å². The van der Waals surface area contributed by atoms with E-state index in [0.29, 0.717) is 0 Å². The predicted octanol–water partition coefficient (Wildman–Crippen LogP) is 13.0. The van der Waals surface area contributed by atoms with Crippen molar-refractivity contribution in [3.8, 4) is 22.3 Å². The Kier molecular flexibility index (Phi) is 6.15. The maximum absolute atomic E-state index is 6.34. The van der Waals surface area contributed by atoms with E-state index in [0.717, 1.165) is 105 Å². The molecule has 0 spiro atoms. The molecular weight excluding hydrogens is 643 g/mol. The van der Waals surface area contributed by atoms with Crippen LogP contribution >= 0.6 is 0 Å². The second-order valence-electron chi connectivity index (χ2n) is 12.9. The van der Waals surface area contributed by atoms with Gasteiger partial charge in [0, 0.05) is 51.1 Å². The van der Waals surface area contributed by atoms with Crippen LogP contribution in [0.25, 0.3) is 88.3 Å². The fourth-order valence-corrected chi connectivity index (χ4v) is 7.64. The molecule has 11 rings (SSSR count). The third kappa shape index (κ3) is 4.31. The average Bonchev–Trinajstić information content (AvgIpc) is 3.90. The van der Waals surface area contributed by atoms with E-state index in [1.807, 2.05) is 42.5 Å². The number of hydrogen-bond donors (Lipinski definition) is 0. The van der Waals surface area contributed by atoms with E-state index in [1.165, 1.54) is 0 Å². The lowest BCUT2D eigenvalue weighted by Gasteiger charge is -2.26. The standard InChI is InChI=1S/C46H27N3O3/c1-2-14-38-34(8-1)42-37(13-5-15-39(42)50-38)49(30-22-18-28(19-23-30)32-9-3-11-35-43-40(51-45(32)35)16-6-26-47-43)31-24-20-29(21-25-31)33-10-4-12-36-44-41(52-46(33)36)17-7-27-48-44/h1-27H. The molecular formula is C46H27N3O3. The summed E-state index contributed by atoms with van der Waals surface area (Å²) < 4.78 is 19.0. The molecule has 5 heterocycles. The van der Waals surface area contributed by atoms with Gasteiger partial charge in [-0.15, -0.1) is 0 Å². The number of hydrogen-bond acceptors (Lipinski definition) is 6. The van der Waals surface area contributed by atoms with Gasteiger partial charge in [-0.05, 0) is 90.0 Å². The fraction of sp³-hybridized carbons (Fsp3) is 0. The minimum absolute atomic E-state index is 0.782. The molecule has 6 heteroatoms. The Morgan fingerprint density at radius 3 is 1.48 bits per heavy atom. The maximum atomic E-state index is 6.34. The molecule has 6 aromatic carbocycles. The number of pyridine rings is 2. The van der Waals surface area contributed by atoms with Crippen LogP contribution in [0.3, 0.4) is 0 Å². The molecule has 0 bridgehead atoms. The van der Waals surface area contributed by atoms with E-state index in [4.69, 9.17) is 13.3 Å². The van der Waals surface area contributed by atoms with Gasteiger partial charge in [0.1, 0.15) is 33.4 Å². The second kappa shape index (κ2) is 11.2. The van der Waals surface area contributed by atoms with Crippen molar-refractivity contribution in [2.24, 2.45) is 0 Å². The third-order valence-corrected chi connectivity index (χ3v) is 10.0. The molecule has 0 amide bonds. The minimum Gasteiger partial charge on any atom is -0.456 e. The predicted molar refractivity (Wildman–Crippen MR) is 209 cm³/mol. The summed E-state index contributed by atoms with van der Waals surface area (Å²) in [5, 5.41) is 4.14. The molecule has 0 N–H and O–H groups in total. The van der Waals surface area contributed by atoms with E-state index in [-0.39, 0.29) is 0 Å². The zero-order valence-corrected chi connectivity index (χ0v) is 27.7. The van der Waals surface area contributed by atoms with Crippen LogP contribution < -0.4 is 4.90 Å². The van der Waals surface area contributed by atoms with Crippen molar-refractivity contribution in [1.82, 2.24) is 9.97 Å². The van der Waals surface area contributed by atoms with E-state index in [9.17, 15) is 0 Å². The Morgan fingerprint density at radius 1 is 0.385 bits per heavy atom.